The first kappa shape index (κ1) is 15.9. The van der Waals surface area contributed by atoms with E-state index in [-0.39, 0.29) is 5.91 Å². The van der Waals surface area contributed by atoms with Gasteiger partial charge in [0.2, 0.25) is 0 Å². The second-order valence-corrected chi connectivity index (χ2v) is 6.31. The van der Waals surface area contributed by atoms with Crippen molar-refractivity contribution in [1.29, 1.82) is 0 Å². The quantitative estimate of drug-likeness (QED) is 0.574. The van der Waals surface area contributed by atoms with Crippen molar-refractivity contribution < 1.29 is 4.79 Å². The summed E-state index contributed by atoms with van der Waals surface area (Å²) in [7, 11) is 0. The van der Waals surface area contributed by atoms with Crippen LogP contribution in [-0.4, -0.2) is 5.91 Å². The number of carbonyl (C=O) groups is 1. The zero-order valence-electron chi connectivity index (χ0n) is 9.68. The summed E-state index contributed by atoms with van der Waals surface area (Å²) < 4.78 is 0.464. The Morgan fingerprint density at radius 3 is 2.25 bits per heavy atom. The van der Waals surface area contributed by atoms with E-state index >= 15 is 0 Å². The fraction of sp³-hybridized carbons (Fsp3) is 0. The van der Waals surface area contributed by atoms with Gasteiger partial charge < -0.3 is 5.32 Å². The number of rotatable bonds is 2. The van der Waals surface area contributed by atoms with Gasteiger partial charge in [-0.1, -0.05) is 46.4 Å². The third-order valence-electron chi connectivity index (χ3n) is 2.42. The Balaban J connectivity index is 2.33. The van der Waals surface area contributed by atoms with Crippen molar-refractivity contribution >= 4 is 73.9 Å². The summed E-state index contributed by atoms with van der Waals surface area (Å²) in [5, 5.41) is 4.22. The Morgan fingerprint density at radius 1 is 0.950 bits per heavy atom. The van der Waals surface area contributed by atoms with Gasteiger partial charge in [0.05, 0.1) is 21.3 Å². The molecule has 1 N–H and O–H groups in total. The van der Waals surface area contributed by atoms with Crippen molar-refractivity contribution in [2.75, 3.05) is 5.32 Å². The molecule has 0 aliphatic heterocycles. The first-order valence-corrected chi connectivity index (χ1v) is 7.60. The van der Waals surface area contributed by atoms with E-state index in [0.29, 0.717) is 35.8 Å². The number of nitrogens with one attached hydrogen (secondary N) is 1. The van der Waals surface area contributed by atoms with E-state index in [1.54, 1.807) is 24.3 Å². The summed E-state index contributed by atoms with van der Waals surface area (Å²) in [4.78, 5) is 12.2. The second-order valence-electron chi connectivity index (χ2n) is 3.83. The molecular weight excluding hydrogens is 408 g/mol. The van der Waals surface area contributed by atoms with Gasteiger partial charge in [0.15, 0.2) is 0 Å². The van der Waals surface area contributed by atoms with E-state index in [1.807, 2.05) is 0 Å². The van der Waals surface area contributed by atoms with Gasteiger partial charge in [-0.2, -0.15) is 0 Å². The van der Waals surface area contributed by atoms with Crippen LogP contribution < -0.4 is 5.32 Å². The topological polar surface area (TPSA) is 29.1 Å². The third kappa shape index (κ3) is 3.60. The number of hydrogen-bond donors (Lipinski definition) is 1. The average molecular weight is 414 g/mol. The Bertz CT molecular complexity index is 690. The molecule has 0 aliphatic carbocycles. The first-order valence-electron chi connectivity index (χ1n) is 5.29. The van der Waals surface area contributed by atoms with Crippen LogP contribution in [0.1, 0.15) is 10.4 Å². The molecule has 20 heavy (non-hydrogen) atoms. The highest BCUT2D eigenvalue weighted by Crippen LogP contribution is 2.32. The fourth-order valence-electron chi connectivity index (χ4n) is 1.50. The highest BCUT2D eigenvalue weighted by atomic mass is 79.9. The fourth-order valence-corrected chi connectivity index (χ4v) is 2.86. The van der Waals surface area contributed by atoms with E-state index in [9.17, 15) is 4.79 Å². The van der Waals surface area contributed by atoms with Gasteiger partial charge in [-0.05, 0) is 46.3 Å². The Hall–Kier alpha value is -0.450. The van der Waals surface area contributed by atoms with Gasteiger partial charge >= 0.3 is 0 Å². The lowest BCUT2D eigenvalue weighted by atomic mass is 10.2. The molecule has 0 unspecified atom stereocenters. The molecule has 0 bridgehead atoms. The summed E-state index contributed by atoms with van der Waals surface area (Å²) in [5.41, 5.74) is 0.762. The molecule has 7 heteroatoms. The van der Waals surface area contributed by atoms with Gasteiger partial charge in [0.1, 0.15) is 0 Å². The Kier molecular flexibility index (Phi) is 5.21. The van der Waals surface area contributed by atoms with Crippen molar-refractivity contribution in [1.82, 2.24) is 0 Å². The summed E-state index contributed by atoms with van der Waals surface area (Å²) in [6.45, 7) is 0. The van der Waals surface area contributed by atoms with Gasteiger partial charge in [0.25, 0.3) is 5.91 Å². The maximum absolute atomic E-state index is 12.2. The zero-order chi connectivity index (χ0) is 14.9. The minimum Gasteiger partial charge on any atom is -0.321 e. The lowest BCUT2D eigenvalue weighted by Crippen LogP contribution is -2.13. The van der Waals surface area contributed by atoms with Crippen LogP contribution in [0.2, 0.25) is 20.1 Å². The minimum atomic E-state index is -0.384. The Labute approximate surface area is 144 Å². The number of amides is 1. The van der Waals surface area contributed by atoms with E-state index < -0.39 is 0 Å². The van der Waals surface area contributed by atoms with Crippen LogP contribution in [-0.2, 0) is 0 Å². The third-order valence-corrected chi connectivity index (χ3v) is 4.56. The van der Waals surface area contributed by atoms with Gasteiger partial charge in [-0.25, -0.2) is 0 Å². The predicted molar refractivity (Wildman–Crippen MR) is 88.6 cm³/mol. The number of hydrogen-bond acceptors (Lipinski definition) is 1. The van der Waals surface area contributed by atoms with E-state index in [0.717, 1.165) is 0 Å². The summed E-state index contributed by atoms with van der Waals surface area (Å²) in [5.74, 6) is -0.384. The number of halogens is 5. The number of benzene rings is 2. The van der Waals surface area contributed by atoms with Crippen LogP contribution >= 0.6 is 62.3 Å². The molecule has 2 aromatic rings. The van der Waals surface area contributed by atoms with Crippen LogP contribution in [0.4, 0.5) is 5.69 Å². The monoisotopic (exact) mass is 411 g/mol. The molecule has 0 heterocycles. The standard InChI is InChI=1S/C13H6BrCl4NO/c14-12-8(3-7(16)5-10(12)18)13(20)19-11-2-1-6(15)4-9(11)17/h1-5H,(H,19,20). The summed E-state index contributed by atoms with van der Waals surface area (Å²) in [6, 6.07) is 7.83. The molecular formula is C13H6BrCl4NO. The van der Waals surface area contributed by atoms with Gasteiger partial charge in [-0.15, -0.1) is 0 Å². The van der Waals surface area contributed by atoms with Crippen molar-refractivity contribution in [3.8, 4) is 0 Å². The van der Waals surface area contributed by atoms with Gasteiger partial charge in [-0.3, -0.25) is 4.79 Å². The molecule has 2 rings (SSSR count). The maximum Gasteiger partial charge on any atom is 0.256 e. The number of anilines is 1. The largest absolute Gasteiger partial charge is 0.321 e. The Morgan fingerprint density at radius 2 is 1.60 bits per heavy atom. The summed E-state index contributed by atoms with van der Waals surface area (Å²) in [6.07, 6.45) is 0. The average Bonchev–Trinajstić information content (AvgIpc) is 2.37. The molecule has 2 aromatic carbocycles. The highest BCUT2D eigenvalue weighted by molar-refractivity contribution is 9.10. The van der Waals surface area contributed by atoms with Crippen LogP contribution in [0.15, 0.2) is 34.8 Å². The molecule has 0 fully saturated rings. The molecule has 0 spiro atoms. The number of carbonyl (C=O) groups excluding carboxylic acids is 1. The van der Waals surface area contributed by atoms with Crippen LogP contribution in [0.3, 0.4) is 0 Å². The highest BCUT2D eigenvalue weighted by Gasteiger charge is 2.15. The van der Waals surface area contributed by atoms with Gasteiger partial charge in [0, 0.05) is 14.5 Å². The van der Waals surface area contributed by atoms with Crippen molar-refractivity contribution in [2.45, 2.75) is 0 Å². The van der Waals surface area contributed by atoms with Crippen LogP contribution in [0, 0.1) is 0 Å². The molecule has 0 saturated carbocycles. The zero-order valence-corrected chi connectivity index (χ0v) is 14.3. The SMILES string of the molecule is O=C(Nc1ccc(Cl)cc1Cl)c1cc(Cl)cc(Cl)c1Br. The maximum atomic E-state index is 12.2. The van der Waals surface area contributed by atoms with E-state index in [2.05, 4.69) is 21.2 Å². The second kappa shape index (κ2) is 6.54. The van der Waals surface area contributed by atoms with Crippen LogP contribution in [0.5, 0.6) is 0 Å². The van der Waals surface area contributed by atoms with E-state index in [4.69, 9.17) is 46.4 Å². The lowest BCUT2D eigenvalue weighted by molar-refractivity contribution is 0.102. The first-order chi connectivity index (χ1) is 9.38. The molecule has 0 radical (unpaired) electrons. The molecule has 2 nitrogen and oxygen atoms in total. The minimum absolute atomic E-state index is 0.313. The lowest BCUT2D eigenvalue weighted by Gasteiger charge is -2.10. The molecule has 1 amide bonds. The molecule has 0 saturated heterocycles. The van der Waals surface area contributed by atoms with Crippen molar-refractivity contribution in [2.24, 2.45) is 0 Å². The predicted octanol–water partition coefficient (Wildman–Crippen LogP) is 6.32. The molecule has 0 aromatic heterocycles. The normalized spacial score (nSPS) is 10.4. The molecule has 104 valence electrons. The summed E-state index contributed by atoms with van der Waals surface area (Å²) >= 11 is 26.9. The van der Waals surface area contributed by atoms with E-state index in [1.165, 1.54) is 6.07 Å². The van der Waals surface area contributed by atoms with Crippen LogP contribution in [0.25, 0.3) is 0 Å². The molecule has 0 aliphatic rings. The van der Waals surface area contributed by atoms with Crippen molar-refractivity contribution in [3.05, 3.63) is 60.5 Å². The smallest absolute Gasteiger partial charge is 0.256 e. The van der Waals surface area contributed by atoms with Crippen molar-refractivity contribution in [3.63, 3.8) is 0 Å². The molecule has 0 atom stereocenters.